The predicted molar refractivity (Wildman–Crippen MR) is 77.7 cm³/mol. The molecule has 0 spiro atoms. The molecule has 5 nitrogen and oxygen atoms in total. The number of carbonyl (C=O) groups is 2. The number of amides is 1. The van der Waals surface area contributed by atoms with Crippen LogP contribution in [0.2, 0.25) is 0 Å². The van der Waals surface area contributed by atoms with Crippen LogP contribution in [-0.4, -0.2) is 34.2 Å². The van der Waals surface area contributed by atoms with E-state index in [0.717, 1.165) is 12.0 Å². The van der Waals surface area contributed by atoms with Crippen molar-refractivity contribution >= 4 is 12.1 Å². The molecular weight excluding hydrogens is 270 g/mol. The van der Waals surface area contributed by atoms with Gasteiger partial charge in [-0.3, -0.25) is 4.90 Å². The third kappa shape index (κ3) is 3.07. The van der Waals surface area contributed by atoms with E-state index in [1.807, 2.05) is 30.3 Å². The van der Waals surface area contributed by atoms with Gasteiger partial charge in [-0.05, 0) is 24.8 Å². The average molecular weight is 289 g/mol. The summed E-state index contributed by atoms with van der Waals surface area (Å²) in [5.74, 6) is -0.972. The Morgan fingerprint density at radius 2 is 2.00 bits per heavy atom. The molecule has 0 atom stereocenters. The second kappa shape index (κ2) is 6.43. The van der Waals surface area contributed by atoms with E-state index in [0.29, 0.717) is 12.8 Å². The first-order valence-electron chi connectivity index (χ1n) is 6.93. The molecule has 2 rings (SSSR count). The van der Waals surface area contributed by atoms with Crippen LogP contribution in [0.25, 0.3) is 0 Å². The zero-order valence-electron chi connectivity index (χ0n) is 11.8. The number of hydrogen-bond donors (Lipinski definition) is 1. The fourth-order valence-electron chi connectivity index (χ4n) is 2.48. The zero-order chi connectivity index (χ0) is 15.3. The Bertz CT molecular complexity index is 522. The minimum absolute atomic E-state index is 0.0693. The minimum Gasteiger partial charge on any atom is -0.479 e. The number of nitrogens with zero attached hydrogens (tertiary/aromatic N) is 1. The monoisotopic (exact) mass is 289 g/mol. The van der Waals surface area contributed by atoms with Gasteiger partial charge >= 0.3 is 12.1 Å². The summed E-state index contributed by atoms with van der Waals surface area (Å²) in [5.41, 5.74) is -0.269. The van der Waals surface area contributed by atoms with Crippen molar-refractivity contribution in [2.75, 3.05) is 6.61 Å². The highest BCUT2D eigenvalue weighted by molar-refractivity contribution is 5.85. The third-order valence-corrected chi connectivity index (χ3v) is 3.82. The van der Waals surface area contributed by atoms with Gasteiger partial charge in [0, 0.05) is 0 Å². The van der Waals surface area contributed by atoms with Crippen molar-refractivity contribution in [1.29, 1.82) is 0 Å². The van der Waals surface area contributed by atoms with Crippen LogP contribution < -0.4 is 0 Å². The smallest absolute Gasteiger partial charge is 0.411 e. The Kier molecular flexibility index (Phi) is 4.62. The summed E-state index contributed by atoms with van der Waals surface area (Å²) in [6.07, 6.45) is 2.57. The minimum atomic E-state index is -1.14. The van der Waals surface area contributed by atoms with Crippen LogP contribution in [0, 0.1) is 0 Å². The summed E-state index contributed by atoms with van der Waals surface area (Å²) in [6.45, 7) is 3.79. The van der Waals surface area contributed by atoms with Crippen LogP contribution in [-0.2, 0) is 16.1 Å². The summed E-state index contributed by atoms with van der Waals surface area (Å²) in [5, 5.41) is 9.54. The van der Waals surface area contributed by atoms with Crippen molar-refractivity contribution in [3.05, 3.63) is 48.6 Å². The molecule has 0 radical (unpaired) electrons. The van der Waals surface area contributed by atoms with E-state index in [-0.39, 0.29) is 13.2 Å². The SMILES string of the molecule is C=CCOC(=O)N(Cc1ccccc1)C1(C(=O)O)CCC1. The number of carbonyl (C=O) groups excluding carboxylic acids is 1. The maximum absolute atomic E-state index is 12.2. The molecule has 0 heterocycles. The summed E-state index contributed by atoms with van der Waals surface area (Å²) in [6, 6.07) is 9.32. The molecule has 1 aliphatic carbocycles. The van der Waals surface area contributed by atoms with Gasteiger partial charge < -0.3 is 9.84 Å². The third-order valence-electron chi connectivity index (χ3n) is 3.82. The molecule has 1 amide bonds. The van der Waals surface area contributed by atoms with Crippen LogP contribution in [0.15, 0.2) is 43.0 Å². The van der Waals surface area contributed by atoms with E-state index >= 15 is 0 Å². The maximum Gasteiger partial charge on any atom is 0.411 e. The normalized spacial score (nSPS) is 15.6. The fraction of sp³-hybridized carbons (Fsp3) is 0.375. The number of benzene rings is 1. The molecule has 1 aliphatic rings. The van der Waals surface area contributed by atoms with Gasteiger partial charge in [0.15, 0.2) is 0 Å². The van der Waals surface area contributed by atoms with Crippen LogP contribution in [0.1, 0.15) is 24.8 Å². The second-order valence-electron chi connectivity index (χ2n) is 5.13. The lowest BCUT2D eigenvalue weighted by Gasteiger charge is -2.45. The van der Waals surface area contributed by atoms with Crippen molar-refractivity contribution in [2.24, 2.45) is 0 Å². The van der Waals surface area contributed by atoms with E-state index < -0.39 is 17.6 Å². The molecule has 0 bridgehead atoms. The molecule has 0 saturated heterocycles. The number of carboxylic acids is 1. The topological polar surface area (TPSA) is 66.8 Å². The lowest BCUT2D eigenvalue weighted by atomic mass is 9.75. The Labute approximate surface area is 123 Å². The highest BCUT2D eigenvalue weighted by Crippen LogP contribution is 2.39. The molecule has 1 aromatic carbocycles. The van der Waals surface area contributed by atoms with Crippen molar-refractivity contribution in [2.45, 2.75) is 31.3 Å². The van der Waals surface area contributed by atoms with E-state index in [1.165, 1.54) is 11.0 Å². The van der Waals surface area contributed by atoms with E-state index in [4.69, 9.17) is 4.74 Å². The Morgan fingerprint density at radius 3 is 2.48 bits per heavy atom. The zero-order valence-corrected chi connectivity index (χ0v) is 11.8. The number of ether oxygens (including phenoxy) is 1. The molecule has 0 unspecified atom stereocenters. The molecule has 1 saturated carbocycles. The van der Waals surface area contributed by atoms with Crippen LogP contribution in [0.4, 0.5) is 4.79 Å². The van der Waals surface area contributed by atoms with Crippen LogP contribution >= 0.6 is 0 Å². The van der Waals surface area contributed by atoms with Gasteiger partial charge in [0.1, 0.15) is 12.1 Å². The standard InChI is InChI=1S/C16H19NO4/c1-2-11-21-15(20)17(12-13-7-4-3-5-8-13)16(14(18)19)9-6-10-16/h2-5,7-8H,1,6,9-12H2,(H,18,19). The number of hydrogen-bond acceptors (Lipinski definition) is 3. The van der Waals surface area contributed by atoms with Crippen molar-refractivity contribution in [3.8, 4) is 0 Å². The lowest BCUT2D eigenvalue weighted by molar-refractivity contribution is -0.157. The fourth-order valence-corrected chi connectivity index (χ4v) is 2.48. The van der Waals surface area contributed by atoms with Gasteiger partial charge in [-0.2, -0.15) is 0 Å². The number of aliphatic carboxylic acids is 1. The summed E-state index contributed by atoms with van der Waals surface area (Å²) in [4.78, 5) is 25.2. The Balaban J connectivity index is 2.23. The highest BCUT2D eigenvalue weighted by Gasteiger charge is 2.52. The number of carboxylic acid groups (broad SMARTS) is 1. The number of rotatable bonds is 6. The van der Waals surface area contributed by atoms with Gasteiger partial charge in [0.2, 0.25) is 0 Å². The summed E-state index contributed by atoms with van der Waals surface area (Å²) >= 11 is 0. The quantitative estimate of drug-likeness (QED) is 0.818. The van der Waals surface area contributed by atoms with Crippen LogP contribution in [0.3, 0.4) is 0 Å². The van der Waals surface area contributed by atoms with E-state index in [1.54, 1.807) is 0 Å². The molecule has 21 heavy (non-hydrogen) atoms. The molecule has 5 heteroatoms. The lowest BCUT2D eigenvalue weighted by Crippen LogP contribution is -2.61. The van der Waals surface area contributed by atoms with Gasteiger partial charge in [-0.25, -0.2) is 9.59 Å². The predicted octanol–water partition coefficient (Wildman–Crippen LogP) is 2.82. The summed E-state index contributed by atoms with van der Waals surface area (Å²) < 4.78 is 5.06. The first-order valence-corrected chi connectivity index (χ1v) is 6.93. The molecule has 112 valence electrons. The summed E-state index contributed by atoms with van der Waals surface area (Å²) in [7, 11) is 0. The second-order valence-corrected chi connectivity index (χ2v) is 5.13. The largest absolute Gasteiger partial charge is 0.479 e. The van der Waals surface area contributed by atoms with Crippen molar-refractivity contribution < 1.29 is 19.4 Å². The first-order chi connectivity index (χ1) is 10.1. The van der Waals surface area contributed by atoms with Gasteiger partial charge in [-0.15, -0.1) is 0 Å². The van der Waals surface area contributed by atoms with Gasteiger partial charge in [0.05, 0.1) is 6.54 Å². The van der Waals surface area contributed by atoms with Crippen molar-refractivity contribution in [3.63, 3.8) is 0 Å². The molecule has 0 aliphatic heterocycles. The molecule has 1 N–H and O–H groups in total. The van der Waals surface area contributed by atoms with Gasteiger partial charge in [-0.1, -0.05) is 43.0 Å². The highest BCUT2D eigenvalue weighted by atomic mass is 16.6. The Hall–Kier alpha value is -2.30. The Morgan fingerprint density at radius 1 is 1.33 bits per heavy atom. The van der Waals surface area contributed by atoms with Gasteiger partial charge in [0.25, 0.3) is 0 Å². The van der Waals surface area contributed by atoms with E-state index in [9.17, 15) is 14.7 Å². The maximum atomic E-state index is 12.2. The molecular formula is C16H19NO4. The molecule has 0 aromatic heterocycles. The first kappa shape index (κ1) is 15.1. The molecule has 1 aromatic rings. The van der Waals surface area contributed by atoms with Crippen LogP contribution in [0.5, 0.6) is 0 Å². The average Bonchev–Trinajstić information content (AvgIpc) is 2.43. The van der Waals surface area contributed by atoms with Crippen molar-refractivity contribution in [1.82, 2.24) is 4.90 Å². The molecule has 1 fully saturated rings. The van der Waals surface area contributed by atoms with E-state index in [2.05, 4.69) is 6.58 Å².